The SMILES string of the molecule is CCCCCCCCCCCCOC(=O)C(CC(Br)C(=O)OCCO)CC(CC(C)(C)C(=O)OCCOCC(OC)OC)C(=O)OCCOC. The van der Waals surface area contributed by atoms with Gasteiger partial charge in [-0.05, 0) is 39.5 Å². The molecule has 0 radical (unpaired) electrons. The number of halogens is 1. The third-order valence-electron chi connectivity index (χ3n) is 8.14. The quantitative estimate of drug-likeness (QED) is 0.0290. The summed E-state index contributed by atoms with van der Waals surface area (Å²) >= 11 is 3.30. The Morgan fingerprint density at radius 1 is 0.640 bits per heavy atom. The number of alkyl halides is 1. The van der Waals surface area contributed by atoms with Crippen molar-refractivity contribution in [2.45, 2.75) is 115 Å². The predicted molar refractivity (Wildman–Crippen MR) is 191 cm³/mol. The van der Waals surface area contributed by atoms with Crippen LogP contribution in [-0.4, -0.2) is 114 Å². The van der Waals surface area contributed by atoms with Gasteiger partial charge in [0.15, 0.2) is 6.29 Å². The standard InChI is InChI=1S/C36H65BrO13/c1-7-8-9-10-11-12-13-14-15-16-18-47-32(39)28(25-30(37)34(41)48-19-17-38)24-29(33(40)49-22-20-43-4)26-36(2,3)35(42)50-23-21-46-27-31(44-5)45-6/h28-31,38H,7-27H2,1-6H3. The maximum absolute atomic E-state index is 13.5. The van der Waals surface area contributed by atoms with Gasteiger partial charge >= 0.3 is 23.9 Å². The largest absolute Gasteiger partial charge is 0.465 e. The minimum atomic E-state index is -1.15. The molecule has 13 nitrogen and oxygen atoms in total. The molecule has 14 heteroatoms. The van der Waals surface area contributed by atoms with Crippen molar-refractivity contribution in [1.82, 2.24) is 0 Å². The van der Waals surface area contributed by atoms with Gasteiger partial charge in [0.1, 0.15) is 24.6 Å². The predicted octanol–water partition coefficient (Wildman–Crippen LogP) is 5.55. The van der Waals surface area contributed by atoms with E-state index in [1.165, 1.54) is 59.9 Å². The molecule has 0 aromatic rings. The summed E-state index contributed by atoms with van der Waals surface area (Å²) in [5.74, 6) is -4.20. The molecule has 3 atom stereocenters. The topological polar surface area (TPSA) is 162 Å². The molecule has 0 saturated heterocycles. The first kappa shape index (κ1) is 48.2. The molecule has 294 valence electrons. The highest BCUT2D eigenvalue weighted by Gasteiger charge is 2.39. The van der Waals surface area contributed by atoms with Crippen LogP contribution in [0.1, 0.15) is 104 Å². The van der Waals surface area contributed by atoms with Crippen LogP contribution in [0, 0.1) is 17.3 Å². The van der Waals surface area contributed by atoms with Gasteiger partial charge in [-0.3, -0.25) is 19.2 Å². The van der Waals surface area contributed by atoms with Crippen LogP contribution < -0.4 is 0 Å². The van der Waals surface area contributed by atoms with Gasteiger partial charge in [0, 0.05) is 21.3 Å². The third-order valence-corrected chi connectivity index (χ3v) is 8.89. The second-order valence-corrected chi connectivity index (χ2v) is 14.0. The molecule has 0 aliphatic carbocycles. The van der Waals surface area contributed by atoms with Gasteiger partial charge in [0.25, 0.3) is 0 Å². The zero-order chi connectivity index (χ0) is 37.6. The van der Waals surface area contributed by atoms with E-state index in [1.54, 1.807) is 13.8 Å². The Morgan fingerprint density at radius 2 is 1.18 bits per heavy atom. The molecule has 50 heavy (non-hydrogen) atoms. The average Bonchev–Trinajstić information content (AvgIpc) is 3.09. The summed E-state index contributed by atoms with van der Waals surface area (Å²) in [4.78, 5) is 51.6. The van der Waals surface area contributed by atoms with Gasteiger partial charge in [0.2, 0.25) is 0 Å². The number of aliphatic hydroxyl groups excluding tert-OH is 1. The highest BCUT2D eigenvalue weighted by Crippen LogP contribution is 2.34. The number of esters is 4. The highest BCUT2D eigenvalue weighted by atomic mass is 79.9. The van der Waals surface area contributed by atoms with Crippen molar-refractivity contribution in [3.63, 3.8) is 0 Å². The zero-order valence-electron chi connectivity index (χ0n) is 31.4. The first-order chi connectivity index (χ1) is 24.0. The molecule has 0 rings (SSSR count). The fraction of sp³-hybridized carbons (Fsp3) is 0.889. The van der Waals surface area contributed by atoms with E-state index in [-0.39, 0.29) is 72.1 Å². The van der Waals surface area contributed by atoms with Crippen molar-refractivity contribution in [3.05, 3.63) is 0 Å². The maximum Gasteiger partial charge on any atom is 0.319 e. The van der Waals surface area contributed by atoms with Gasteiger partial charge in [-0.1, -0.05) is 80.6 Å². The van der Waals surface area contributed by atoms with Crippen LogP contribution in [0.5, 0.6) is 0 Å². The number of unbranched alkanes of at least 4 members (excludes halogenated alkanes) is 9. The van der Waals surface area contributed by atoms with E-state index in [4.69, 9.17) is 43.0 Å². The summed E-state index contributed by atoms with van der Waals surface area (Å²) in [5, 5.41) is 9.06. The van der Waals surface area contributed by atoms with E-state index >= 15 is 0 Å². The molecule has 0 aromatic carbocycles. The van der Waals surface area contributed by atoms with Gasteiger partial charge in [0.05, 0.1) is 50.3 Å². The minimum absolute atomic E-state index is 0.00192. The smallest absolute Gasteiger partial charge is 0.319 e. The van der Waals surface area contributed by atoms with Gasteiger partial charge < -0.3 is 43.0 Å². The van der Waals surface area contributed by atoms with Gasteiger partial charge in [-0.15, -0.1) is 0 Å². The summed E-state index contributed by atoms with van der Waals surface area (Å²) in [6, 6.07) is 0. The third kappa shape index (κ3) is 23.6. The zero-order valence-corrected chi connectivity index (χ0v) is 33.0. The normalized spacial score (nSPS) is 13.5. The Kier molecular flexibility index (Phi) is 29.6. The Morgan fingerprint density at radius 3 is 1.76 bits per heavy atom. The lowest BCUT2D eigenvalue weighted by atomic mass is 9.78. The molecular formula is C36H65BrO13. The monoisotopic (exact) mass is 784 g/mol. The molecule has 0 aliphatic heterocycles. The molecule has 0 heterocycles. The van der Waals surface area contributed by atoms with Crippen LogP contribution in [0.25, 0.3) is 0 Å². The lowest BCUT2D eigenvalue weighted by molar-refractivity contribution is -0.163. The summed E-state index contributed by atoms with van der Waals surface area (Å²) in [6.45, 7) is 5.58. The van der Waals surface area contributed by atoms with Crippen LogP contribution in [0.15, 0.2) is 0 Å². The van der Waals surface area contributed by atoms with Crippen molar-refractivity contribution in [3.8, 4) is 0 Å². The van der Waals surface area contributed by atoms with Crippen molar-refractivity contribution in [1.29, 1.82) is 0 Å². The van der Waals surface area contributed by atoms with Gasteiger partial charge in [-0.25, -0.2) is 0 Å². The van der Waals surface area contributed by atoms with E-state index in [0.717, 1.165) is 19.3 Å². The summed E-state index contributed by atoms with van der Waals surface area (Å²) in [6.07, 6.45) is 10.7. The van der Waals surface area contributed by atoms with Crippen LogP contribution in [0.3, 0.4) is 0 Å². The maximum atomic E-state index is 13.5. The molecule has 1 N–H and O–H groups in total. The molecule has 0 aliphatic rings. The second kappa shape index (κ2) is 30.8. The number of hydrogen-bond acceptors (Lipinski definition) is 13. The van der Waals surface area contributed by atoms with E-state index in [1.807, 2.05) is 0 Å². The van der Waals surface area contributed by atoms with Gasteiger partial charge in [-0.2, -0.15) is 0 Å². The average molecular weight is 786 g/mol. The summed E-state index contributed by atoms with van der Waals surface area (Å²) in [5.41, 5.74) is -1.15. The highest BCUT2D eigenvalue weighted by molar-refractivity contribution is 9.10. The summed E-state index contributed by atoms with van der Waals surface area (Å²) < 4.78 is 42.2. The lowest BCUT2D eigenvalue weighted by Crippen LogP contribution is -2.36. The van der Waals surface area contributed by atoms with Crippen molar-refractivity contribution in [2.24, 2.45) is 17.3 Å². The van der Waals surface area contributed by atoms with E-state index in [9.17, 15) is 19.2 Å². The first-order valence-electron chi connectivity index (χ1n) is 18.0. The van der Waals surface area contributed by atoms with Crippen LogP contribution in [0.4, 0.5) is 0 Å². The lowest BCUT2D eigenvalue weighted by Gasteiger charge is -2.29. The minimum Gasteiger partial charge on any atom is -0.465 e. The Hall–Kier alpha value is -1.84. The van der Waals surface area contributed by atoms with E-state index in [2.05, 4.69) is 22.9 Å². The number of ether oxygens (including phenoxy) is 8. The van der Waals surface area contributed by atoms with E-state index in [0.29, 0.717) is 6.42 Å². The first-order valence-corrected chi connectivity index (χ1v) is 18.9. The number of aliphatic hydroxyl groups is 1. The number of methoxy groups -OCH3 is 3. The number of hydrogen-bond donors (Lipinski definition) is 1. The Labute approximate surface area is 308 Å². The van der Waals surface area contributed by atoms with Crippen LogP contribution >= 0.6 is 15.9 Å². The van der Waals surface area contributed by atoms with Crippen molar-refractivity contribution in [2.75, 3.05) is 74.2 Å². The molecule has 0 saturated carbocycles. The van der Waals surface area contributed by atoms with Crippen LogP contribution in [0.2, 0.25) is 0 Å². The Bertz CT molecular complexity index is 897. The molecule has 0 bridgehead atoms. The fourth-order valence-corrected chi connectivity index (χ4v) is 5.78. The molecule has 0 aromatic heterocycles. The number of carbonyl (C=O) groups is 4. The molecule has 0 fully saturated rings. The number of rotatable bonds is 33. The Balaban J connectivity index is 5.54. The second-order valence-electron chi connectivity index (χ2n) is 12.9. The molecular weight excluding hydrogens is 720 g/mol. The van der Waals surface area contributed by atoms with Crippen molar-refractivity contribution < 1.29 is 62.2 Å². The van der Waals surface area contributed by atoms with Crippen molar-refractivity contribution >= 4 is 39.8 Å². The molecule has 0 spiro atoms. The molecule has 0 amide bonds. The molecule has 3 unspecified atom stereocenters. The van der Waals surface area contributed by atoms with E-state index < -0.39 is 52.2 Å². The van der Waals surface area contributed by atoms with Crippen LogP contribution in [-0.2, 0) is 57.1 Å². The summed E-state index contributed by atoms with van der Waals surface area (Å²) in [7, 11) is 4.45. The fourth-order valence-electron chi connectivity index (χ4n) is 5.20. The number of carbonyl (C=O) groups excluding carboxylic acids is 4.